The molecule has 1 atom stereocenters. The van der Waals surface area contributed by atoms with E-state index >= 15 is 0 Å². The van der Waals surface area contributed by atoms with Gasteiger partial charge in [-0.1, -0.05) is 41.4 Å². The van der Waals surface area contributed by atoms with Gasteiger partial charge in [-0.05, 0) is 35.9 Å². The average molecular weight is 432 g/mol. The van der Waals surface area contributed by atoms with Gasteiger partial charge in [-0.25, -0.2) is 0 Å². The number of β-amino-alcohol motifs (C(OH)–C–C–N with tert-alkyl or cyclic N) is 1. The highest BCUT2D eigenvalue weighted by molar-refractivity contribution is 6.31. The minimum absolute atomic E-state index is 0. The van der Waals surface area contributed by atoms with E-state index in [2.05, 4.69) is 15.9 Å². The first-order valence-electron chi connectivity index (χ1n) is 8.83. The van der Waals surface area contributed by atoms with Gasteiger partial charge in [-0.3, -0.25) is 4.90 Å². The van der Waals surface area contributed by atoms with Crippen molar-refractivity contribution in [2.45, 2.75) is 12.7 Å². The van der Waals surface area contributed by atoms with Crippen LogP contribution in [0.1, 0.15) is 5.56 Å². The number of aliphatic hydroxyl groups excluding tert-OH is 1. The molecule has 1 aliphatic rings. The zero-order chi connectivity index (χ0) is 18.4. The average Bonchev–Trinajstić information content (AvgIpc) is 2.64. The van der Waals surface area contributed by atoms with Crippen LogP contribution in [-0.2, 0) is 11.3 Å². The first-order valence-corrected chi connectivity index (χ1v) is 9.59. The Bertz CT molecular complexity index is 692. The third kappa shape index (κ3) is 7.15. The maximum atomic E-state index is 10.2. The molecule has 1 aliphatic heterocycles. The molecule has 148 valence electrons. The lowest BCUT2D eigenvalue weighted by Gasteiger charge is -2.36. The fourth-order valence-electron chi connectivity index (χ4n) is 3.11. The zero-order valence-corrected chi connectivity index (χ0v) is 17.4. The van der Waals surface area contributed by atoms with E-state index in [-0.39, 0.29) is 12.4 Å². The number of aliphatic hydroxyl groups is 1. The summed E-state index contributed by atoms with van der Waals surface area (Å²) in [5.74, 6) is 0. The van der Waals surface area contributed by atoms with Crippen molar-refractivity contribution in [1.82, 2.24) is 4.90 Å². The van der Waals surface area contributed by atoms with Crippen LogP contribution in [0.4, 0.5) is 5.69 Å². The molecule has 2 aromatic carbocycles. The quantitative estimate of drug-likeness (QED) is 0.715. The summed E-state index contributed by atoms with van der Waals surface area (Å²) in [6.45, 7) is 5.14. The van der Waals surface area contributed by atoms with Crippen LogP contribution in [-0.4, -0.2) is 55.4 Å². The Morgan fingerprint density at radius 3 is 2.33 bits per heavy atom. The molecular formula is C20H25Cl3N2O2. The van der Waals surface area contributed by atoms with Gasteiger partial charge in [-0.15, -0.1) is 12.4 Å². The lowest BCUT2D eigenvalue weighted by atomic mass is 10.2. The Morgan fingerprint density at radius 2 is 1.67 bits per heavy atom. The summed E-state index contributed by atoms with van der Waals surface area (Å²) in [4.78, 5) is 4.60. The molecule has 4 nitrogen and oxygen atoms in total. The van der Waals surface area contributed by atoms with Crippen molar-refractivity contribution in [3.05, 3.63) is 64.1 Å². The molecule has 27 heavy (non-hydrogen) atoms. The van der Waals surface area contributed by atoms with Crippen LogP contribution in [0.5, 0.6) is 0 Å². The number of hydrogen-bond acceptors (Lipinski definition) is 4. The summed E-state index contributed by atoms with van der Waals surface area (Å²) in [6.07, 6.45) is -0.486. The fraction of sp³-hybridized carbons (Fsp3) is 0.400. The van der Waals surface area contributed by atoms with E-state index in [1.807, 2.05) is 42.5 Å². The van der Waals surface area contributed by atoms with E-state index in [0.717, 1.165) is 42.5 Å². The number of ether oxygens (including phenoxy) is 1. The molecule has 7 heteroatoms. The van der Waals surface area contributed by atoms with Crippen molar-refractivity contribution in [3.63, 3.8) is 0 Å². The van der Waals surface area contributed by atoms with Crippen LogP contribution in [0.25, 0.3) is 0 Å². The highest BCUT2D eigenvalue weighted by atomic mass is 35.5. The minimum Gasteiger partial charge on any atom is -0.389 e. The number of piperazine rings is 1. The molecule has 0 radical (unpaired) electrons. The molecular weight excluding hydrogens is 407 g/mol. The number of nitrogens with zero attached hydrogens (tertiary/aromatic N) is 2. The van der Waals surface area contributed by atoms with Gasteiger partial charge in [0.2, 0.25) is 0 Å². The smallest absolute Gasteiger partial charge is 0.0900 e. The van der Waals surface area contributed by atoms with E-state index in [4.69, 9.17) is 27.9 Å². The number of rotatable bonds is 7. The van der Waals surface area contributed by atoms with Gasteiger partial charge < -0.3 is 14.7 Å². The molecule has 1 saturated heterocycles. The Labute approximate surface area is 177 Å². The second-order valence-corrected chi connectivity index (χ2v) is 7.44. The van der Waals surface area contributed by atoms with Crippen LogP contribution in [0, 0.1) is 0 Å². The normalized spacial score (nSPS) is 16.0. The summed E-state index contributed by atoms with van der Waals surface area (Å²) in [7, 11) is 0. The molecule has 0 amide bonds. The highest BCUT2D eigenvalue weighted by Crippen LogP contribution is 2.20. The molecule has 2 aromatic rings. The Morgan fingerprint density at radius 1 is 0.963 bits per heavy atom. The first-order chi connectivity index (χ1) is 12.6. The largest absolute Gasteiger partial charge is 0.389 e. The third-order valence-corrected chi connectivity index (χ3v) is 4.99. The third-order valence-electron chi connectivity index (χ3n) is 4.51. The topological polar surface area (TPSA) is 35.9 Å². The van der Waals surface area contributed by atoms with E-state index < -0.39 is 6.10 Å². The van der Waals surface area contributed by atoms with E-state index in [0.29, 0.717) is 24.8 Å². The summed E-state index contributed by atoms with van der Waals surface area (Å²) in [5, 5.41) is 11.7. The number of benzene rings is 2. The lowest BCUT2D eigenvalue weighted by Crippen LogP contribution is -2.49. The van der Waals surface area contributed by atoms with Crippen LogP contribution in [0.15, 0.2) is 48.5 Å². The Hall–Kier alpha value is -1.01. The summed E-state index contributed by atoms with van der Waals surface area (Å²) < 4.78 is 5.62. The van der Waals surface area contributed by atoms with Crippen LogP contribution >= 0.6 is 35.6 Å². The molecule has 1 unspecified atom stereocenters. The molecule has 0 aliphatic carbocycles. The van der Waals surface area contributed by atoms with Gasteiger partial charge in [0, 0.05) is 48.5 Å². The summed E-state index contributed by atoms with van der Waals surface area (Å²) in [5.41, 5.74) is 2.21. The Kier molecular flexibility index (Phi) is 9.16. The van der Waals surface area contributed by atoms with Gasteiger partial charge in [0.15, 0.2) is 0 Å². The number of anilines is 1. The maximum absolute atomic E-state index is 10.2. The van der Waals surface area contributed by atoms with Crippen molar-refractivity contribution in [1.29, 1.82) is 0 Å². The number of halogens is 3. The SMILES string of the molecule is Cl.OC(COCc1ccc(Cl)cc1)CN1CCN(c2cccc(Cl)c2)CC1. The van der Waals surface area contributed by atoms with Gasteiger partial charge >= 0.3 is 0 Å². The minimum atomic E-state index is -0.486. The Balaban J connectivity index is 0.00000261. The molecule has 1 heterocycles. The van der Waals surface area contributed by atoms with Crippen molar-refractivity contribution in [2.75, 3.05) is 44.2 Å². The highest BCUT2D eigenvalue weighted by Gasteiger charge is 2.19. The van der Waals surface area contributed by atoms with Crippen molar-refractivity contribution < 1.29 is 9.84 Å². The van der Waals surface area contributed by atoms with Crippen molar-refractivity contribution in [3.8, 4) is 0 Å². The van der Waals surface area contributed by atoms with Crippen molar-refractivity contribution in [2.24, 2.45) is 0 Å². The first kappa shape index (κ1) is 22.3. The molecule has 1 N–H and O–H groups in total. The van der Waals surface area contributed by atoms with Gasteiger partial charge in [0.25, 0.3) is 0 Å². The summed E-state index contributed by atoms with van der Waals surface area (Å²) >= 11 is 11.9. The van der Waals surface area contributed by atoms with Gasteiger partial charge in [0.1, 0.15) is 0 Å². The number of hydrogen-bond donors (Lipinski definition) is 1. The van der Waals surface area contributed by atoms with E-state index in [1.165, 1.54) is 0 Å². The van der Waals surface area contributed by atoms with E-state index in [1.54, 1.807) is 0 Å². The predicted octanol–water partition coefficient (Wildman–Crippen LogP) is 4.11. The summed E-state index contributed by atoms with van der Waals surface area (Å²) in [6, 6.07) is 15.5. The van der Waals surface area contributed by atoms with Gasteiger partial charge in [-0.2, -0.15) is 0 Å². The van der Waals surface area contributed by atoms with E-state index in [9.17, 15) is 5.11 Å². The lowest BCUT2D eigenvalue weighted by molar-refractivity contribution is 0.00914. The zero-order valence-electron chi connectivity index (χ0n) is 15.1. The molecule has 0 saturated carbocycles. The van der Waals surface area contributed by atoms with Crippen LogP contribution < -0.4 is 4.90 Å². The molecule has 1 fully saturated rings. The monoisotopic (exact) mass is 430 g/mol. The molecule has 0 spiro atoms. The van der Waals surface area contributed by atoms with Crippen LogP contribution in [0.3, 0.4) is 0 Å². The second-order valence-electron chi connectivity index (χ2n) is 6.56. The maximum Gasteiger partial charge on any atom is 0.0900 e. The van der Waals surface area contributed by atoms with Crippen LogP contribution in [0.2, 0.25) is 10.0 Å². The second kappa shape index (κ2) is 11.1. The standard InChI is InChI=1S/C20H24Cl2N2O2.ClH/c21-17-6-4-16(5-7-17)14-26-15-20(25)13-23-8-10-24(11-9-23)19-3-1-2-18(22)12-19;/h1-7,12,20,25H,8-11,13-15H2;1H. The van der Waals surface area contributed by atoms with Gasteiger partial charge in [0.05, 0.1) is 19.3 Å². The van der Waals surface area contributed by atoms with Crippen molar-refractivity contribution >= 4 is 41.3 Å². The molecule has 3 rings (SSSR count). The fourth-order valence-corrected chi connectivity index (χ4v) is 3.42. The molecule has 0 bridgehead atoms. The molecule has 0 aromatic heterocycles. The predicted molar refractivity (Wildman–Crippen MR) is 114 cm³/mol.